The van der Waals surface area contributed by atoms with E-state index >= 15 is 0 Å². The van der Waals surface area contributed by atoms with E-state index < -0.39 is 66.1 Å². The summed E-state index contributed by atoms with van der Waals surface area (Å²) in [6.45, 7) is 3.86. The maximum atomic E-state index is 12.9. The monoisotopic (exact) mass is 456 g/mol. The minimum atomic E-state index is -1.54. The molecule has 4 atom stereocenters. The van der Waals surface area contributed by atoms with Gasteiger partial charge in [0.1, 0.15) is 18.1 Å². The Hall–Kier alpha value is -3.22. The summed E-state index contributed by atoms with van der Waals surface area (Å²) in [5.74, 6) is -5.14. The summed E-state index contributed by atoms with van der Waals surface area (Å²) >= 11 is 0. The van der Waals surface area contributed by atoms with Gasteiger partial charge in [0.15, 0.2) is 0 Å². The van der Waals surface area contributed by atoms with E-state index in [9.17, 15) is 33.9 Å². The summed E-state index contributed by atoms with van der Waals surface area (Å²) in [6, 6.07) is -4.72. The number of nitrogens with zero attached hydrogens (tertiary/aromatic N) is 1. The second kappa shape index (κ2) is 12.0. The topological polar surface area (TPSA) is 228 Å². The molecule has 1 aliphatic rings. The first-order valence-corrected chi connectivity index (χ1v) is 10.3. The Balaban J connectivity index is 2.93. The number of nitrogens with two attached hydrogens (primary N) is 3. The molecule has 13 heteroatoms. The molecule has 1 fully saturated rings. The molecule has 1 aliphatic heterocycles. The lowest BCUT2D eigenvalue weighted by Gasteiger charge is -2.29. The normalized spacial score (nSPS) is 18.5. The third kappa shape index (κ3) is 8.13. The quantitative estimate of drug-likeness (QED) is 0.179. The highest BCUT2D eigenvalue weighted by atomic mass is 16.4. The zero-order valence-electron chi connectivity index (χ0n) is 18.2. The lowest BCUT2D eigenvalue weighted by Crippen LogP contribution is -2.57. The smallest absolute Gasteiger partial charge is 0.326 e. The summed E-state index contributed by atoms with van der Waals surface area (Å²) in [5.41, 5.74) is 15.8. The van der Waals surface area contributed by atoms with E-state index in [0.29, 0.717) is 12.8 Å². The minimum Gasteiger partial charge on any atom is -0.480 e. The van der Waals surface area contributed by atoms with Crippen LogP contribution in [0, 0.1) is 5.92 Å². The zero-order chi connectivity index (χ0) is 24.6. The maximum absolute atomic E-state index is 12.9. The van der Waals surface area contributed by atoms with Crippen LogP contribution < -0.4 is 27.8 Å². The van der Waals surface area contributed by atoms with Gasteiger partial charge in [0, 0.05) is 6.54 Å². The molecule has 1 heterocycles. The van der Waals surface area contributed by atoms with Crippen LogP contribution in [0.5, 0.6) is 0 Å². The fourth-order valence-corrected chi connectivity index (χ4v) is 3.46. The highest BCUT2D eigenvalue weighted by Gasteiger charge is 2.38. The van der Waals surface area contributed by atoms with E-state index in [0.717, 1.165) is 0 Å². The molecule has 0 aromatic heterocycles. The number of carboxylic acid groups (broad SMARTS) is 1. The molecule has 0 radical (unpaired) electrons. The van der Waals surface area contributed by atoms with Gasteiger partial charge in [0.25, 0.3) is 0 Å². The SMILES string of the molecule is CC(C)CC(NC(=O)C1CCCN1C(=O)C(N)CC(N)=O)C(=O)NC(CC(N)=O)C(=O)O. The van der Waals surface area contributed by atoms with Gasteiger partial charge in [0.2, 0.25) is 29.5 Å². The second-order valence-electron chi connectivity index (χ2n) is 8.23. The molecule has 9 N–H and O–H groups in total. The van der Waals surface area contributed by atoms with Crippen LogP contribution in [-0.4, -0.2) is 76.2 Å². The fourth-order valence-electron chi connectivity index (χ4n) is 3.46. The third-order valence-corrected chi connectivity index (χ3v) is 4.94. The van der Waals surface area contributed by atoms with E-state index in [1.807, 2.05) is 0 Å². The predicted molar refractivity (Wildman–Crippen MR) is 111 cm³/mol. The van der Waals surface area contributed by atoms with Crippen molar-refractivity contribution in [2.75, 3.05) is 6.54 Å². The van der Waals surface area contributed by atoms with Crippen molar-refractivity contribution in [1.29, 1.82) is 0 Å². The van der Waals surface area contributed by atoms with Crippen LogP contribution in [0.4, 0.5) is 0 Å². The van der Waals surface area contributed by atoms with Gasteiger partial charge in [-0.25, -0.2) is 4.79 Å². The first kappa shape index (κ1) is 26.8. The Morgan fingerprint density at radius 1 is 1.00 bits per heavy atom. The Morgan fingerprint density at radius 2 is 1.59 bits per heavy atom. The average Bonchev–Trinajstić information content (AvgIpc) is 3.14. The molecule has 5 amide bonds. The van der Waals surface area contributed by atoms with E-state index in [-0.39, 0.29) is 25.3 Å². The van der Waals surface area contributed by atoms with Gasteiger partial charge >= 0.3 is 5.97 Å². The Morgan fingerprint density at radius 3 is 2.09 bits per heavy atom. The largest absolute Gasteiger partial charge is 0.480 e. The third-order valence-electron chi connectivity index (χ3n) is 4.94. The zero-order valence-corrected chi connectivity index (χ0v) is 18.2. The van der Waals surface area contributed by atoms with E-state index in [1.54, 1.807) is 13.8 Å². The van der Waals surface area contributed by atoms with Crippen LogP contribution in [0.15, 0.2) is 0 Å². The Labute approximate surface area is 185 Å². The van der Waals surface area contributed by atoms with Crippen molar-refractivity contribution in [2.45, 2.75) is 70.1 Å². The molecule has 0 saturated carbocycles. The van der Waals surface area contributed by atoms with Crippen molar-refractivity contribution < 1.29 is 33.9 Å². The average molecular weight is 457 g/mol. The number of carboxylic acids is 1. The number of primary amides is 2. The van der Waals surface area contributed by atoms with Gasteiger partial charge in [-0.2, -0.15) is 0 Å². The number of amides is 5. The second-order valence-corrected chi connectivity index (χ2v) is 8.23. The molecule has 0 aromatic carbocycles. The highest BCUT2D eigenvalue weighted by molar-refractivity contribution is 5.95. The number of carbonyl (C=O) groups excluding carboxylic acids is 5. The van der Waals surface area contributed by atoms with Gasteiger partial charge in [-0.3, -0.25) is 24.0 Å². The number of aliphatic carboxylic acids is 1. The van der Waals surface area contributed by atoms with Crippen molar-refractivity contribution >= 4 is 35.5 Å². The molecule has 0 aromatic rings. The number of likely N-dealkylation sites (tertiary alicyclic amines) is 1. The van der Waals surface area contributed by atoms with Crippen molar-refractivity contribution in [3.05, 3.63) is 0 Å². The van der Waals surface area contributed by atoms with Gasteiger partial charge in [-0.1, -0.05) is 13.8 Å². The molecule has 1 saturated heterocycles. The first-order chi connectivity index (χ1) is 14.8. The standard InChI is InChI=1S/C19H32N6O7/c1-9(2)6-11(16(28)24-12(19(31)32)8-15(22)27)23-17(29)13-4-3-5-25(13)18(30)10(20)7-14(21)26/h9-13H,3-8,20H2,1-2H3,(H2,21,26)(H2,22,27)(H,23,29)(H,24,28)(H,31,32). The van der Waals surface area contributed by atoms with Crippen LogP contribution >= 0.6 is 0 Å². The lowest BCUT2D eigenvalue weighted by atomic mass is 10.0. The van der Waals surface area contributed by atoms with Crippen molar-refractivity contribution in [3.63, 3.8) is 0 Å². The number of hydrogen-bond acceptors (Lipinski definition) is 7. The van der Waals surface area contributed by atoms with Gasteiger partial charge < -0.3 is 37.8 Å². The van der Waals surface area contributed by atoms with Crippen molar-refractivity contribution in [3.8, 4) is 0 Å². The lowest BCUT2D eigenvalue weighted by molar-refractivity contribution is -0.144. The minimum absolute atomic E-state index is 0.0456. The number of nitrogens with one attached hydrogen (secondary N) is 2. The first-order valence-electron chi connectivity index (χ1n) is 10.3. The van der Waals surface area contributed by atoms with Crippen LogP contribution in [0.3, 0.4) is 0 Å². The summed E-state index contributed by atoms with van der Waals surface area (Å²) < 4.78 is 0. The molecule has 180 valence electrons. The van der Waals surface area contributed by atoms with Crippen molar-refractivity contribution in [2.24, 2.45) is 23.1 Å². The van der Waals surface area contributed by atoms with Crippen LogP contribution in [-0.2, 0) is 28.8 Å². The number of rotatable bonds is 12. The Kier molecular flexibility index (Phi) is 10.0. The molecular formula is C19H32N6O7. The van der Waals surface area contributed by atoms with Crippen LogP contribution in [0.1, 0.15) is 46.0 Å². The molecule has 0 aliphatic carbocycles. The molecular weight excluding hydrogens is 424 g/mol. The van der Waals surface area contributed by atoms with E-state index in [2.05, 4.69) is 10.6 Å². The van der Waals surface area contributed by atoms with Gasteiger partial charge in [0.05, 0.1) is 18.9 Å². The van der Waals surface area contributed by atoms with Gasteiger partial charge in [-0.15, -0.1) is 0 Å². The summed E-state index contributed by atoms with van der Waals surface area (Å²) in [4.78, 5) is 72.8. The maximum Gasteiger partial charge on any atom is 0.326 e. The molecule has 4 unspecified atom stereocenters. The van der Waals surface area contributed by atoms with Gasteiger partial charge in [-0.05, 0) is 25.2 Å². The van der Waals surface area contributed by atoms with E-state index in [1.165, 1.54) is 4.90 Å². The Bertz CT molecular complexity index is 756. The fraction of sp³-hybridized carbons (Fsp3) is 0.684. The molecule has 1 rings (SSSR count). The molecule has 0 bridgehead atoms. The van der Waals surface area contributed by atoms with Crippen LogP contribution in [0.25, 0.3) is 0 Å². The molecule has 0 spiro atoms. The predicted octanol–water partition coefficient (Wildman–Crippen LogP) is -2.84. The number of hydrogen-bond donors (Lipinski definition) is 6. The van der Waals surface area contributed by atoms with E-state index in [4.69, 9.17) is 17.2 Å². The molecule has 13 nitrogen and oxygen atoms in total. The number of carbonyl (C=O) groups is 6. The van der Waals surface area contributed by atoms with Crippen LogP contribution in [0.2, 0.25) is 0 Å². The summed E-state index contributed by atoms with van der Waals surface area (Å²) in [6.07, 6.45) is 0.0665. The summed E-state index contributed by atoms with van der Waals surface area (Å²) in [7, 11) is 0. The van der Waals surface area contributed by atoms with Crippen molar-refractivity contribution in [1.82, 2.24) is 15.5 Å². The highest BCUT2D eigenvalue weighted by Crippen LogP contribution is 2.19. The molecule has 32 heavy (non-hydrogen) atoms. The summed E-state index contributed by atoms with van der Waals surface area (Å²) in [5, 5.41) is 14.0.